The summed E-state index contributed by atoms with van der Waals surface area (Å²) in [5.74, 6) is 0.0960. The molecule has 0 aliphatic heterocycles. The molecule has 1 fully saturated rings. The van der Waals surface area contributed by atoms with Crippen LogP contribution in [0.15, 0.2) is 42.6 Å². The molecule has 2 amide bonds. The topological polar surface area (TPSA) is 45.6 Å². The number of carbonyl (C=O) groups excluding carboxylic acids is 2. The minimum Gasteiger partial charge on any atom is -0.345 e. The van der Waals surface area contributed by atoms with Gasteiger partial charge in [-0.1, -0.05) is 45.2 Å². The monoisotopic (exact) mass is 517 g/mol. The molecule has 0 bridgehead atoms. The first-order valence-electron chi connectivity index (χ1n) is 13.1. The van der Waals surface area contributed by atoms with Gasteiger partial charge in [0.15, 0.2) is 0 Å². The van der Waals surface area contributed by atoms with Crippen LogP contribution in [0.3, 0.4) is 0 Å². The van der Waals surface area contributed by atoms with Gasteiger partial charge < -0.3 is 14.4 Å². The van der Waals surface area contributed by atoms with Gasteiger partial charge in [-0.2, -0.15) is 0 Å². The van der Waals surface area contributed by atoms with Crippen molar-refractivity contribution < 1.29 is 14.0 Å². The minimum absolute atomic E-state index is 0.0178. The van der Waals surface area contributed by atoms with Crippen molar-refractivity contribution in [2.45, 2.75) is 78.9 Å². The van der Waals surface area contributed by atoms with Crippen molar-refractivity contribution in [2.75, 3.05) is 19.0 Å². The summed E-state index contributed by atoms with van der Waals surface area (Å²) in [5, 5.41) is 0. The fraction of sp³-hybridized carbons (Fsp3) is 0.586. The fourth-order valence-electron chi connectivity index (χ4n) is 4.92. The summed E-state index contributed by atoms with van der Waals surface area (Å²) in [7, 11) is 0. The van der Waals surface area contributed by atoms with Crippen LogP contribution in [0.4, 0.5) is 4.39 Å². The predicted octanol–water partition coefficient (Wildman–Crippen LogP) is 6.09. The molecule has 1 aromatic heterocycles. The van der Waals surface area contributed by atoms with Gasteiger partial charge in [0, 0.05) is 36.9 Å². The third kappa shape index (κ3) is 7.58. The number of carbonyl (C=O) groups is 2. The fourth-order valence-corrected chi connectivity index (χ4v) is 5.04. The molecule has 0 saturated heterocycles. The zero-order valence-electron chi connectivity index (χ0n) is 22.2. The zero-order chi connectivity index (χ0) is 26.3. The molecule has 5 nitrogen and oxygen atoms in total. The Hall–Kier alpha value is -2.34. The molecule has 1 saturated carbocycles. The first-order chi connectivity index (χ1) is 17.1. The Morgan fingerprint density at radius 3 is 2.39 bits per heavy atom. The van der Waals surface area contributed by atoms with E-state index in [0.29, 0.717) is 19.6 Å². The van der Waals surface area contributed by atoms with Crippen LogP contribution in [0.2, 0.25) is 0 Å². The van der Waals surface area contributed by atoms with E-state index in [2.05, 4.69) is 18.4 Å². The van der Waals surface area contributed by atoms with E-state index in [-0.39, 0.29) is 42.0 Å². The molecule has 1 heterocycles. The van der Waals surface area contributed by atoms with Gasteiger partial charge in [-0.25, -0.2) is 4.39 Å². The van der Waals surface area contributed by atoms with Crippen LogP contribution in [0.25, 0.3) is 0 Å². The number of halogens is 2. The molecule has 1 aromatic carbocycles. The van der Waals surface area contributed by atoms with Gasteiger partial charge >= 0.3 is 0 Å². The number of nitrogens with zero attached hydrogens (tertiary/aromatic N) is 3. The predicted molar refractivity (Wildman–Crippen MR) is 143 cm³/mol. The lowest BCUT2D eigenvalue weighted by atomic mass is 9.93. The van der Waals surface area contributed by atoms with Crippen LogP contribution < -0.4 is 0 Å². The normalized spacial score (nSPS) is 14.8. The lowest BCUT2D eigenvalue weighted by Crippen LogP contribution is -2.51. The molecule has 1 aliphatic rings. The van der Waals surface area contributed by atoms with Crippen molar-refractivity contribution in [1.29, 1.82) is 0 Å². The van der Waals surface area contributed by atoms with Crippen molar-refractivity contribution in [3.05, 3.63) is 59.7 Å². The van der Waals surface area contributed by atoms with Crippen LogP contribution in [0.1, 0.15) is 71.1 Å². The molecular formula is C29H41ClFN3O2. The van der Waals surface area contributed by atoms with Crippen molar-refractivity contribution in [2.24, 2.45) is 11.3 Å². The third-order valence-electron chi connectivity index (χ3n) is 6.97. The number of amides is 2. The number of rotatable bonds is 11. The standard InChI is InChI=1S/C29H41ClFN3O2/c1-22(2)17-33(28(36)29(3,4)21-30)20-27(35)34(25-9-6-5-7-10-25)19-26-11-8-16-32(26)18-23-12-14-24(31)15-13-23/h8,11-16,22,25H,5-7,9-10,17-21H2,1-4H3. The third-order valence-corrected chi connectivity index (χ3v) is 7.64. The molecule has 0 unspecified atom stereocenters. The van der Waals surface area contributed by atoms with Crippen molar-refractivity contribution in [3.63, 3.8) is 0 Å². The van der Waals surface area contributed by atoms with E-state index in [1.807, 2.05) is 37.1 Å². The van der Waals surface area contributed by atoms with Crippen molar-refractivity contribution >= 4 is 23.4 Å². The minimum atomic E-state index is -0.726. The van der Waals surface area contributed by atoms with Gasteiger partial charge in [-0.3, -0.25) is 9.59 Å². The quantitative estimate of drug-likeness (QED) is 0.339. The smallest absolute Gasteiger partial charge is 0.242 e. The largest absolute Gasteiger partial charge is 0.345 e. The second kappa shape index (κ2) is 12.8. The molecule has 0 radical (unpaired) electrons. The Labute approximate surface area is 220 Å². The molecule has 36 heavy (non-hydrogen) atoms. The summed E-state index contributed by atoms with van der Waals surface area (Å²) in [6, 6.07) is 10.7. The molecular weight excluding hydrogens is 477 g/mol. The van der Waals surface area contributed by atoms with Crippen LogP contribution in [-0.2, 0) is 22.7 Å². The summed E-state index contributed by atoms with van der Waals surface area (Å²) in [6.45, 7) is 9.45. The molecule has 0 N–H and O–H groups in total. The average molecular weight is 518 g/mol. The number of alkyl halides is 1. The number of aromatic nitrogens is 1. The Bertz CT molecular complexity index is 996. The van der Waals surface area contributed by atoms with Crippen LogP contribution in [0, 0.1) is 17.2 Å². The summed E-state index contributed by atoms with van der Waals surface area (Å²) >= 11 is 6.11. The highest BCUT2D eigenvalue weighted by Gasteiger charge is 2.34. The highest BCUT2D eigenvalue weighted by atomic mass is 35.5. The highest BCUT2D eigenvalue weighted by molar-refractivity contribution is 6.19. The first kappa shape index (κ1) is 28.2. The van der Waals surface area contributed by atoms with Gasteiger partial charge in [-0.15, -0.1) is 11.6 Å². The maximum absolute atomic E-state index is 13.8. The van der Waals surface area contributed by atoms with E-state index in [0.717, 1.165) is 36.9 Å². The molecule has 198 valence electrons. The lowest BCUT2D eigenvalue weighted by Gasteiger charge is -2.37. The van der Waals surface area contributed by atoms with E-state index in [4.69, 9.17) is 11.6 Å². The van der Waals surface area contributed by atoms with E-state index in [1.54, 1.807) is 17.0 Å². The summed E-state index contributed by atoms with van der Waals surface area (Å²) in [4.78, 5) is 30.8. The van der Waals surface area contributed by atoms with Crippen molar-refractivity contribution in [1.82, 2.24) is 14.4 Å². The Morgan fingerprint density at radius 2 is 1.78 bits per heavy atom. The Balaban J connectivity index is 1.82. The molecule has 0 atom stereocenters. The zero-order valence-corrected chi connectivity index (χ0v) is 22.9. The van der Waals surface area contributed by atoms with Gasteiger partial charge in [0.2, 0.25) is 11.8 Å². The second-order valence-electron chi connectivity index (χ2n) is 11.2. The maximum atomic E-state index is 13.8. The Kier molecular flexibility index (Phi) is 10.0. The van der Waals surface area contributed by atoms with Crippen LogP contribution in [0.5, 0.6) is 0 Å². The van der Waals surface area contributed by atoms with E-state index < -0.39 is 5.41 Å². The van der Waals surface area contributed by atoms with Gasteiger partial charge in [-0.05, 0) is 62.4 Å². The van der Waals surface area contributed by atoms with E-state index in [1.165, 1.54) is 18.6 Å². The van der Waals surface area contributed by atoms with Crippen LogP contribution >= 0.6 is 11.6 Å². The van der Waals surface area contributed by atoms with E-state index >= 15 is 0 Å². The number of hydrogen-bond donors (Lipinski definition) is 0. The first-order valence-corrected chi connectivity index (χ1v) is 13.7. The van der Waals surface area contributed by atoms with Crippen LogP contribution in [-0.4, -0.2) is 51.2 Å². The second-order valence-corrected chi connectivity index (χ2v) is 11.4. The molecule has 3 rings (SSSR count). The lowest BCUT2D eigenvalue weighted by molar-refractivity contribution is -0.147. The molecule has 2 aromatic rings. The summed E-state index contributed by atoms with van der Waals surface area (Å²) in [6.07, 6.45) is 7.38. The van der Waals surface area contributed by atoms with E-state index in [9.17, 15) is 14.0 Å². The van der Waals surface area contributed by atoms with Gasteiger partial charge in [0.25, 0.3) is 0 Å². The van der Waals surface area contributed by atoms with Gasteiger partial charge in [0.1, 0.15) is 5.82 Å². The summed E-state index contributed by atoms with van der Waals surface area (Å²) < 4.78 is 15.5. The molecule has 0 spiro atoms. The maximum Gasteiger partial charge on any atom is 0.242 e. The SMILES string of the molecule is CC(C)CN(CC(=O)N(Cc1cccn1Cc1ccc(F)cc1)C1CCCCC1)C(=O)C(C)(C)CCl. The Morgan fingerprint density at radius 1 is 1.11 bits per heavy atom. The molecule has 1 aliphatic carbocycles. The average Bonchev–Trinajstić information content (AvgIpc) is 3.29. The summed E-state index contributed by atoms with van der Waals surface area (Å²) in [5.41, 5.74) is 1.30. The number of benzene rings is 1. The highest BCUT2D eigenvalue weighted by Crippen LogP contribution is 2.26. The molecule has 7 heteroatoms. The number of hydrogen-bond acceptors (Lipinski definition) is 2. The van der Waals surface area contributed by atoms with Crippen molar-refractivity contribution in [3.8, 4) is 0 Å². The van der Waals surface area contributed by atoms with Gasteiger partial charge in [0.05, 0.1) is 18.5 Å².